The molecule has 0 N–H and O–H groups in total. The number of pyridine rings is 1. The van der Waals surface area contributed by atoms with Crippen LogP contribution >= 0.6 is 0 Å². The molecule has 108 valence electrons. The zero-order valence-electron chi connectivity index (χ0n) is 11.4. The van der Waals surface area contributed by atoms with E-state index >= 15 is 0 Å². The maximum Gasteiger partial charge on any atom is 0.340 e. The molecule has 0 bridgehead atoms. The highest BCUT2D eigenvalue weighted by atomic mass is 16.6. The molecule has 0 atom stereocenters. The van der Waals surface area contributed by atoms with Gasteiger partial charge in [0.05, 0.1) is 24.7 Å². The average molecular weight is 288 g/mol. The Morgan fingerprint density at radius 2 is 2.00 bits per heavy atom. The first-order valence-corrected chi connectivity index (χ1v) is 5.93. The second-order valence-electron chi connectivity index (χ2n) is 4.05. The van der Waals surface area contributed by atoms with Gasteiger partial charge >= 0.3 is 5.97 Å². The van der Waals surface area contributed by atoms with E-state index in [-0.39, 0.29) is 11.3 Å². The first kappa shape index (κ1) is 14.4. The zero-order valence-corrected chi connectivity index (χ0v) is 11.4. The number of aromatic nitrogens is 1. The SMILES string of the molecule is COC(=O)c1cnccc1-c1cc([N+](=O)[O-])ccc1OC. The van der Waals surface area contributed by atoms with Gasteiger partial charge in [-0.15, -0.1) is 0 Å². The third kappa shape index (κ3) is 2.81. The number of non-ortho nitro benzene ring substituents is 1. The Balaban J connectivity index is 2.68. The highest BCUT2D eigenvalue weighted by molar-refractivity contribution is 5.97. The number of methoxy groups -OCH3 is 2. The number of carbonyl (C=O) groups is 1. The zero-order chi connectivity index (χ0) is 15.4. The molecule has 1 aromatic carbocycles. The highest BCUT2D eigenvalue weighted by Crippen LogP contribution is 2.35. The van der Waals surface area contributed by atoms with Crippen LogP contribution in [0.15, 0.2) is 36.7 Å². The summed E-state index contributed by atoms with van der Waals surface area (Å²) in [5.74, 6) is -0.163. The molecule has 0 spiro atoms. The number of benzene rings is 1. The first-order chi connectivity index (χ1) is 10.1. The van der Waals surface area contributed by atoms with Gasteiger partial charge in [-0.25, -0.2) is 4.79 Å². The Morgan fingerprint density at radius 1 is 1.24 bits per heavy atom. The minimum Gasteiger partial charge on any atom is -0.496 e. The topological polar surface area (TPSA) is 91.6 Å². The summed E-state index contributed by atoms with van der Waals surface area (Å²) >= 11 is 0. The van der Waals surface area contributed by atoms with Crippen LogP contribution in [0, 0.1) is 10.1 Å². The summed E-state index contributed by atoms with van der Waals surface area (Å²) in [4.78, 5) is 26.1. The summed E-state index contributed by atoms with van der Waals surface area (Å²) in [5, 5.41) is 10.9. The molecule has 7 nitrogen and oxygen atoms in total. The van der Waals surface area contributed by atoms with Crippen molar-refractivity contribution in [2.75, 3.05) is 14.2 Å². The molecule has 1 heterocycles. The number of nitrogens with zero attached hydrogens (tertiary/aromatic N) is 2. The van der Waals surface area contributed by atoms with Crippen molar-refractivity contribution in [2.24, 2.45) is 0 Å². The summed E-state index contributed by atoms with van der Waals surface area (Å²) in [6.07, 6.45) is 2.83. The van der Waals surface area contributed by atoms with E-state index in [1.54, 1.807) is 6.07 Å². The van der Waals surface area contributed by atoms with E-state index in [0.717, 1.165) is 0 Å². The van der Waals surface area contributed by atoms with Gasteiger partial charge in [0, 0.05) is 35.7 Å². The molecule has 0 saturated carbocycles. The summed E-state index contributed by atoms with van der Waals surface area (Å²) in [6.45, 7) is 0. The van der Waals surface area contributed by atoms with Gasteiger partial charge < -0.3 is 9.47 Å². The molecule has 2 rings (SSSR count). The minimum absolute atomic E-state index is 0.0987. The summed E-state index contributed by atoms with van der Waals surface area (Å²) in [7, 11) is 2.70. The Labute approximate surface area is 120 Å². The number of ether oxygens (including phenoxy) is 2. The molecule has 1 aromatic heterocycles. The van der Waals surface area contributed by atoms with Crippen molar-refractivity contribution < 1.29 is 19.2 Å². The Kier molecular flexibility index (Phi) is 4.13. The molecule has 0 aliphatic heterocycles. The van der Waals surface area contributed by atoms with Crippen molar-refractivity contribution in [1.82, 2.24) is 4.98 Å². The number of hydrogen-bond acceptors (Lipinski definition) is 6. The number of nitro benzene ring substituents is 1. The van der Waals surface area contributed by atoms with Gasteiger partial charge in [0.15, 0.2) is 0 Å². The maximum atomic E-state index is 11.8. The molecule has 21 heavy (non-hydrogen) atoms. The van der Waals surface area contributed by atoms with Crippen LogP contribution in [-0.2, 0) is 4.74 Å². The van der Waals surface area contributed by atoms with Crippen LogP contribution in [0.2, 0.25) is 0 Å². The Bertz CT molecular complexity index is 700. The number of esters is 1. The molecular weight excluding hydrogens is 276 g/mol. The van der Waals surface area contributed by atoms with Gasteiger partial charge in [-0.05, 0) is 12.1 Å². The van der Waals surface area contributed by atoms with Crippen LogP contribution in [0.4, 0.5) is 5.69 Å². The van der Waals surface area contributed by atoms with Crippen molar-refractivity contribution >= 4 is 11.7 Å². The molecule has 0 unspecified atom stereocenters. The van der Waals surface area contributed by atoms with Gasteiger partial charge in [-0.3, -0.25) is 15.1 Å². The monoisotopic (exact) mass is 288 g/mol. The summed E-state index contributed by atoms with van der Waals surface area (Å²) < 4.78 is 9.90. The molecule has 0 fully saturated rings. The third-order valence-corrected chi connectivity index (χ3v) is 2.91. The van der Waals surface area contributed by atoms with E-state index in [1.807, 2.05) is 0 Å². The lowest BCUT2D eigenvalue weighted by Gasteiger charge is -2.11. The van der Waals surface area contributed by atoms with Crippen molar-refractivity contribution in [3.05, 3.63) is 52.3 Å². The molecule has 0 aliphatic carbocycles. The third-order valence-electron chi connectivity index (χ3n) is 2.91. The molecule has 2 aromatic rings. The van der Waals surface area contributed by atoms with Gasteiger partial charge in [-0.1, -0.05) is 0 Å². The van der Waals surface area contributed by atoms with E-state index < -0.39 is 10.9 Å². The van der Waals surface area contributed by atoms with Gasteiger partial charge in [0.2, 0.25) is 0 Å². The summed E-state index contributed by atoms with van der Waals surface area (Å²) in [5.41, 5.74) is 0.990. The van der Waals surface area contributed by atoms with Crippen molar-refractivity contribution in [3.63, 3.8) is 0 Å². The molecular formula is C14H12N2O5. The first-order valence-electron chi connectivity index (χ1n) is 5.93. The van der Waals surface area contributed by atoms with Crippen molar-refractivity contribution in [2.45, 2.75) is 0 Å². The van der Waals surface area contributed by atoms with E-state index in [4.69, 9.17) is 9.47 Å². The quantitative estimate of drug-likeness (QED) is 0.487. The number of rotatable bonds is 4. The van der Waals surface area contributed by atoms with E-state index in [1.165, 1.54) is 44.8 Å². The van der Waals surface area contributed by atoms with Crippen LogP contribution in [0.1, 0.15) is 10.4 Å². The molecule has 0 aliphatic rings. The predicted molar refractivity (Wildman–Crippen MR) is 74.2 cm³/mol. The van der Waals surface area contributed by atoms with Crippen LogP contribution in [0.5, 0.6) is 5.75 Å². The minimum atomic E-state index is -0.577. The Hall–Kier alpha value is -2.96. The van der Waals surface area contributed by atoms with E-state index in [0.29, 0.717) is 16.9 Å². The molecule has 0 amide bonds. The second kappa shape index (κ2) is 6.00. The lowest BCUT2D eigenvalue weighted by atomic mass is 10.00. The molecule has 7 heteroatoms. The number of nitro groups is 1. The fraction of sp³-hybridized carbons (Fsp3) is 0.143. The second-order valence-corrected chi connectivity index (χ2v) is 4.05. The fourth-order valence-corrected chi connectivity index (χ4v) is 1.92. The average Bonchev–Trinajstić information content (AvgIpc) is 2.53. The smallest absolute Gasteiger partial charge is 0.340 e. The van der Waals surface area contributed by atoms with Crippen molar-refractivity contribution in [1.29, 1.82) is 0 Å². The number of hydrogen-bond donors (Lipinski definition) is 0. The van der Waals surface area contributed by atoms with E-state index in [9.17, 15) is 14.9 Å². The maximum absolute atomic E-state index is 11.8. The van der Waals surface area contributed by atoms with Crippen LogP contribution in [0.25, 0.3) is 11.1 Å². The highest BCUT2D eigenvalue weighted by Gasteiger charge is 2.19. The van der Waals surface area contributed by atoms with Crippen LogP contribution in [-0.4, -0.2) is 30.1 Å². The summed E-state index contributed by atoms with van der Waals surface area (Å²) in [6, 6.07) is 5.74. The Morgan fingerprint density at radius 3 is 2.62 bits per heavy atom. The van der Waals surface area contributed by atoms with E-state index in [2.05, 4.69) is 4.98 Å². The van der Waals surface area contributed by atoms with Crippen LogP contribution in [0.3, 0.4) is 0 Å². The standard InChI is InChI=1S/C14H12N2O5/c1-20-13-4-3-9(16(18)19)7-11(13)10-5-6-15-8-12(10)14(17)21-2/h3-8H,1-2H3. The molecule has 0 saturated heterocycles. The largest absolute Gasteiger partial charge is 0.496 e. The lowest BCUT2D eigenvalue weighted by Crippen LogP contribution is -2.05. The van der Waals surface area contributed by atoms with Gasteiger partial charge in [-0.2, -0.15) is 0 Å². The fourth-order valence-electron chi connectivity index (χ4n) is 1.92. The normalized spacial score (nSPS) is 10.0. The van der Waals surface area contributed by atoms with Gasteiger partial charge in [0.1, 0.15) is 5.75 Å². The van der Waals surface area contributed by atoms with Gasteiger partial charge in [0.25, 0.3) is 5.69 Å². The van der Waals surface area contributed by atoms with Crippen LogP contribution < -0.4 is 4.74 Å². The molecule has 0 radical (unpaired) electrons. The number of carbonyl (C=O) groups excluding carboxylic acids is 1. The predicted octanol–water partition coefficient (Wildman–Crippen LogP) is 2.45. The van der Waals surface area contributed by atoms with Crippen molar-refractivity contribution in [3.8, 4) is 16.9 Å². The lowest BCUT2D eigenvalue weighted by molar-refractivity contribution is -0.384.